The van der Waals surface area contributed by atoms with Crippen molar-refractivity contribution < 1.29 is 0 Å². The molecule has 13 heavy (non-hydrogen) atoms. The quantitative estimate of drug-likeness (QED) is 0.633. The molecule has 0 aromatic heterocycles. The number of rotatable bonds is 1. The van der Waals surface area contributed by atoms with Crippen LogP contribution in [0.1, 0.15) is 29.9 Å². The Balaban J connectivity index is 2.39. The molecule has 0 spiro atoms. The van der Waals surface area contributed by atoms with Crippen molar-refractivity contribution in [2.24, 2.45) is 0 Å². The lowest BCUT2D eigenvalue weighted by atomic mass is 9.85. The highest BCUT2D eigenvalue weighted by Crippen LogP contribution is 2.31. The van der Waals surface area contributed by atoms with E-state index in [1.807, 2.05) is 12.1 Å². The van der Waals surface area contributed by atoms with E-state index in [1.165, 1.54) is 11.1 Å². The molecule has 1 nitrogen and oxygen atoms in total. The second-order valence-corrected chi connectivity index (χ2v) is 3.33. The van der Waals surface area contributed by atoms with Gasteiger partial charge in [0, 0.05) is 12.3 Å². The van der Waals surface area contributed by atoms with Crippen molar-refractivity contribution in [2.75, 3.05) is 0 Å². The van der Waals surface area contributed by atoms with Crippen molar-refractivity contribution in [3.05, 3.63) is 41.5 Å². The third kappa shape index (κ3) is 1.48. The lowest BCUT2D eigenvalue weighted by molar-refractivity contribution is 0.712. The zero-order chi connectivity index (χ0) is 9.10. The Labute approximate surface area is 78.3 Å². The van der Waals surface area contributed by atoms with Gasteiger partial charge in [-0.1, -0.05) is 36.4 Å². The van der Waals surface area contributed by atoms with Gasteiger partial charge in [-0.3, -0.25) is 0 Å². The largest absolute Gasteiger partial charge is 0.198 e. The summed E-state index contributed by atoms with van der Waals surface area (Å²) in [4.78, 5) is 0. The fourth-order valence-corrected chi connectivity index (χ4v) is 1.82. The van der Waals surface area contributed by atoms with Crippen LogP contribution in [0.15, 0.2) is 30.3 Å². The van der Waals surface area contributed by atoms with E-state index in [2.05, 4.69) is 30.4 Å². The van der Waals surface area contributed by atoms with Crippen LogP contribution in [0.5, 0.6) is 0 Å². The minimum atomic E-state index is 0.409. The number of allylic oxidation sites excluding steroid dienone is 1. The van der Waals surface area contributed by atoms with Crippen molar-refractivity contribution in [3.8, 4) is 6.07 Å². The highest BCUT2D eigenvalue weighted by atomic mass is 14.3. The number of benzene rings is 1. The van der Waals surface area contributed by atoms with Crippen LogP contribution >= 0.6 is 0 Å². The maximum absolute atomic E-state index is 8.67. The standard InChI is InChI=1S/C12H11N/c13-9-8-11-6-3-5-10-4-1-2-7-12(10)11/h1-5,7,11H,6,8H2. The Kier molecular flexibility index (Phi) is 2.14. The summed E-state index contributed by atoms with van der Waals surface area (Å²) in [5.41, 5.74) is 2.60. The van der Waals surface area contributed by atoms with Crippen molar-refractivity contribution in [1.82, 2.24) is 0 Å². The second kappa shape index (κ2) is 3.45. The van der Waals surface area contributed by atoms with Gasteiger partial charge in [0.05, 0.1) is 6.07 Å². The van der Waals surface area contributed by atoms with Crippen LogP contribution < -0.4 is 0 Å². The van der Waals surface area contributed by atoms with Gasteiger partial charge in [-0.2, -0.15) is 5.26 Å². The molecule has 1 aliphatic rings. The maximum atomic E-state index is 8.67. The highest BCUT2D eigenvalue weighted by Gasteiger charge is 2.15. The summed E-state index contributed by atoms with van der Waals surface area (Å²) in [6, 6.07) is 10.6. The monoisotopic (exact) mass is 169 g/mol. The minimum absolute atomic E-state index is 0.409. The van der Waals surface area contributed by atoms with E-state index >= 15 is 0 Å². The van der Waals surface area contributed by atoms with Crippen molar-refractivity contribution in [3.63, 3.8) is 0 Å². The summed E-state index contributed by atoms with van der Waals surface area (Å²) in [6.07, 6.45) is 5.93. The predicted octanol–water partition coefficient (Wildman–Crippen LogP) is 3.10. The maximum Gasteiger partial charge on any atom is 0.0628 e. The molecule has 1 aromatic carbocycles. The first-order valence-electron chi connectivity index (χ1n) is 4.54. The van der Waals surface area contributed by atoms with Crippen molar-refractivity contribution >= 4 is 6.08 Å². The van der Waals surface area contributed by atoms with Crippen LogP contribution in [0.2, 0.25) is 0 Å². The number of fused-ring (bicyclic) bond motifs is 1. The molecule has 64 valence electrons. The fourth-order valence-electron chi connectivity index (χ4n) is 1.82. The summed E-state index contributed by atoms with van der Waals surface area (Å²) in [6.45, 7) is 0. The van der Waals surface area contributed by atoms with Gasteiger partial charge in [0.1, 0.15) is 0 Å². The molecular weight excluding hydrogens is 158 g/mol. The number of nitrogens with zero attached hydrogens (tertiary/aromatic N) is 1. The topological polar surface area (TPSA) is 23.8 Å². The first kappa shape index (κ1) is 8.07. The van der Waals surface area contributed by atoms with E-state index in [0.717, 1.165) is 6.42 Å². The third-order valence-electron chi connectivity index (χ3n) is 2.49. The molecule has 1 aliphatic carbocycles. The van der Waals surface area contributed by atoms with Gasteiger partial charge in [0.2, 0.25) is 0 Å². The molecule has 1 aromatic rings. The molecule has 0 amide bonds. The van der Waals surface area contributed by atoms with E-state index < -0.39 is 0 Å². The molecule has 0 fully saturated rings. The Morgan fingerprint density at radius 1 is 1.38 bits per heavy atom. The SMILES string of the molecule is N#CCC1CC=Cc2ccccc21. The lowest BCUT2D eigenvalue weighted by Crippen LogP contribution is -2.02. The third-order valence-corrected chi connectivity index (χ3v) is 2.49. The van der Waals surface area contributed by atoms with E-state index in [0.29, 0.717) is 12.3 Å². The van der Waals surface area contributed by atoms with Crippen LogP contribution in [0.25, 0.3) is 6.08 Å². The average Bonchev–Trinajstić information content (AvgIpc) is 2.19. The normalized spacial score (nSPS) is 19.2. The van der Waals surface area contributed by atoms with Crippen LogP contribution in [-0.2, 0) is 0 Å². The first-order valence-corrected chi connectivity index (χ1v) is 4.54. The molecule has 0 bridgehead atoms. The first-order chi connectivity index (χ1) is 6.42. The summed E-state index contributed by atoms with van der Waals surface area (Å²) in [5.74, 6) is 0.409. The summed E-state index contributed by atoms with van der Waals surface area (Å²) in [7, 11) is 0. The van der Waals surface area contributed by atoms with Gasteiger partial charge in [0.15, 0.2) is 0 Å². The Hall–Kier alpha value is -1.55. The summed E-state index contributed by atoms with van der Waals surface area (Å²) >= 11 is 0. The van der Waals surface area contributed by atoms with Crippen molar-refractivity contribution in [1.29, 1.82) is 5.26 Å². The molecule has 0 saturated carbocycles. The minimum Gasteiger partial charge on any atom is -0.198 e. The Morgan fingerprint density at radius 2 is 2.23 bits per heavy atom. The molecule has 2 rings (SSSR count). The Morgan fingerprint density at radius 3 is 3.08 bits per heavy atom. The van der Waals surface area contributed by atoms with Gasteiger partial charge in [-0.25, -0.2) is 0 Å². The van der Waals surface area contributed by atoms with Gasteiger partial charge in [-0.15, -0.1) is 0 Å². The molecule has 0 radical (unpaired) electrons. The van der Waals surface area contributed by atoms with Gasteiger partial charge in [-0.05, 0) is 17.5 Å². The predicted molar refractivity (Wildman–Crippen MR) is 53.1 cm³/mol. The fraction of sp³-hybridized carbons (Fsp3) is 0.250. The summed E-state index contributed by atoms with van der Waals surface area (Å²) < 4.78 is 0. The van der Waals surface area contributed by atoms with Crippen LogP contribution in [-0.4, -0.2) is 0 Å². The molecule has 1 atom stereocenters. The van der Waals surface area contributed by atoms with E-state index in [-0.39, 0.29) is 0 Å². The summed E-state index contributed by atoms with van der Waals surface area (Å²) in [5, 5.41) is 8.67. The molecule has 0 N–H and O–H groups in total. The smallest absolute Gasteiger partial charge is 0.0628 e. The van der Waals surface area contributed by atoms with E-state index in [1.54, 1.807) is 0 Å². The van der Waals surface area contributed by atoms with E-state index in [9.17, 15) is 0 Å². The highest BCUT2D eigenvalue weighted by molar-refractivity contribution is 5.57. The molecule has 0 aliphatic heterocycles. The van der Waals surface area contributed by atoms with E-state index in [4.69, 9.17) is 5.26 Å². The zero-order valence-electron chi connectivity index (χ0n) is 7.40. The van der Waals surface area contributed by atoms with Gasteiger partial charge in [0.25, 0.3) is 0 Å². The van der Waals surface area contributed by atoms with Gasteiger partial charge >= 0.3 is 0 Å². The molecule has 1 heteroatoms. The van der Waals surface area contributed by atoms with Crippen LogP contribution in [0.4, 0.5) is 0 Å². The van der Waals surface area contributed by atoms with Crippen molar-refractivity contribution in [2.45, 2.75) is 18.8 Å². The Bertz CT molecular complexity index is 371. The molecule has 0 saturated heterocycles. The zero-order valence-corrected chi connectivity index (χ0v) is 7.40. The van der Waals surface area contributed by atoms with Crippen LogP contribution in [0.3, 0.4) is 0 Å². The average molecular weight is 169 g/mol. The number of nitriles is 1. The molecule has 0 heterocycles. The van der Waals surface area contributed by atoms with Gasteiger partial charge < -0.3 is 0 Å². The lowest BCUT2D eigenvalue weighted by Gasteiger charge is -2.18. The number of hydrogen-bond acceptors (Lipinski definition) is 1. The molecular formula is C12H11N. The number of hydrogen-bond donors (Lipinski definition) is 0. The molecule has 1 unspecified atom stereocenters. The van der Waals surface area contributed by atoms with Crippen LogP contribution in [0, 0.1) is 11.3 Å². The second-order valence-electron chi connectivity index (χ2n) is 3.33.